The fourth-order valence-electron chi connectivity index (χ4n) is 1.02. The highest BCUT2D eigenvalue weighted by Crippen LogP contribution is 2.19. The third-order valence-electron chi connectivity index (χ3n) is 1.69. The third-order valence-corrected chi connectivity index (χ3v) is 2.02. The SMILES string of the molecule is CC(=O)CC(=O)C=NNc1ccccc1Cl. The molecule has 0 aliphatic carbocycles. The van der Waals surface area contributed by atoms with Crippen LogP contribution in [0, 0.1) is 0 Å². The zero-order valence-corrected chi connectivity index (χ0v) is 9.49. The summed E-state index contributed by atoms with van der Waals surface area (Å²) in [6, 6.07) is 7.02. The lowest BCUT2D eigenvalue weighted by Crippen LogP contribution is -2.06. The molecule has 0 bridgehead atoms. The van der Waals surface area contributed by atoms with E-state index in [1.807, 2.05) is 0 Å². The van der Waals surface area contributed by atoms with Crippen LogP contribution >= 0.6 is 11.6 Å². The van der Waals surface area contributed by atoms with Crippen molar-refractivity contribution in [1.82, 2.24) is 0 Å². The summed E-state index contributed by atoms with van der Waals surface area (Å²) in [5.74, 6) is -0.527. The number of carbonyl (C=O) groups excluding carboxylic acids is 2. The van der Waals surface area contributed by atoms with Crippen molar-refractivity contribution >= 4 is 35.1 Å². The Kier molecular flexibility index (Phi) is 4.66. The van der Waals surface area contributed by atoms with Gasteiger partial charge in [0.25, 0.3) is 0 Å². The van der Waals surface area contributed by atoms with Gasteiger partial charge in [-0.15, -0.1) is 0 Å². The van der Waals surface area contributed by atoms with Crippen LogP contribution in [0.3, 0.4) is 0 Å². The molecular weight excluding hydrogens is 228 g/mol. The van der Waals surface area contributed by atoms with Crippen molar-refractivity contribution in [1.29, 1.82) is 0 Å². The second-order valence-electron chi connectivity index (χ2n) is 3.19. The van der Waals surface area contributed by atoms with Gasteiger partial charge < -0.3 is 0 Å². The Hall–Kier alpha value is -1.68. The Labute approximate surface area is 98.3 Å². The van der Waals surface area contributed by atoms with Gasteiger partial charge in [0.2, 0.25) is 0 Å². The minimum atomic E-state index is -0.341. The fraction of sp³-hybridized carbons (Fsp3) is 0.182. The lowest BCUT2D eigenvalue weighted by Gasteiger charge is -2.01. The maximum Gasteiger partial charge on any atom is 0.182 e. The summed E-state index contributed by atoms with van der Waals surface area (Å²) in [6.07, 6.45) is 0.943. The van der Waals surface area contributed by atoms with Gasteiger partial charge in [0.15, 0.2) is 5.78 Å². The van der Waals surface area contributed by atoms with Crippen molar-refractivity contribution in [3.63, 3.8) is 0 Å². The average molecular weight is 239 g/mol. The largest absolute Gasteiger partial charge is 0.300 e. The number of hydrazone groups is 1. The Balaban J connectivity index is 2.52. The topological polar surface area (TPSA) is 58.5 Å². The number of para-hydroxylation sites is 1. The minimum absolute atomic E-state index is 0.131. The van der Waals surface area contributed by atoms with Crippen LogP contribution in [0.4, 0.5) is 5.69 Å². The molecule has 0 saturated carbocycles. The van der Waals surface area contributed by atoms with E-state index in [-0.39, 0.29) is 18.0 Å². The summed E-state index contributed by atoms with van der Waals surface area (Å²) in [7, 11) is 0. The monoisotopic (exact) mass is 238 g/mol. The second-order valence-corrected chi connectivity index (χ2v) is 3.60. The summed E-state index contributed by atoms with van der Waals surface area (Å²) in [5.41, 5.74) is 3.23. The molecular formula is C11H11ClN2O2. The normalized spacial score (nSPS) is 10.4. The van der Waals surface area contributed by atoms with E-state index in [4.69, 9.17) is 11.6 Å². The first-order valence-corrected chi connectivity index (χ1v) is 5.03. The number of hydrogen-bond donors (Lipinski definition) is 1. The van der Waals surface area contributed by atoms with Crippen LogP contribution in [-0.4, -0.2) is 17.8 Å². The Morgan fingerprint density at radius 3 is 2.75 bits per heavy atom. The molecule has 0 aromatic heterocycles. The first-order chi connectivity index (χ1) is 7.59. The van der Waals surface area contributed by atoms with Gasteiger partial charge in [-0.1, -0.05) is 23.7 Å². The molecule has 1 aromatic carbocycles. The van der Waals surface area contributed by atoms with Crippen molar-refractivity contribution in [3.05, 3.63) is 29.3 Å². The first-order valence-electron chi connectivity index (χ1n) is 4.65. The van der Waals surface area contributed by atoms with E-state index in [2.05, 4.69) is 10.5 Å². The molecule has 0 spiro atoms. The molecule has 0 heterocycles. The molecule has 4 nitrogen and oxygen atoms in total. The zero-order chi connectivity index (χ0) is 12.0. The molecule has 16 heavy (non-hydrogen) atoms. The molecule has 0 amide bonds. The zero-order valence-electron chi connectivity index (χ0n) is 8.74. The van der Waals surface area contributed by atoms with E-state index in [0.717, 1.165) is 6.21 Å². The van der Waals surface area contributed by atoms with Gasteiger partial charge in [-0.2, -0.15) is 5.10 Å². The first kappa shape index (κ1) is 12.4. The highest BCUT2D eigenvalue weighted by molar-refractivity contribution is 6.33. The number of rotatable bonds is 5. The molecule has 0 fully saturated rings. The average Bonchev–Trinajstić information content (AvgIpc) is 2.19. The fourth-order valence-corrected chi connectivity index (χ4v) is 1.19. The highest BCUT2D eigenvalue weighted by Gasteiger charge is 2.01. The van der Waals surface area contributed by atoms with Crippen LogP contribution < -0.4 is 5.43 Å². The van der Waals surface area contributed by atoms with Crippen LogP contribution in [0.5, 0.6) is 0 Å². The Bertz CT molecular complexity index is 430. The molecule has 1 aromatic rings. The number of nitrogens with zero attached hydrogens (tertiary/aromatic N) is 1. The van der Waals surface area contributed by atoms with Gasteiger partial charge in [-0.3, -0.25) is 15.0 Å². The number of hydrogen-bond acceptors (Lipinski definition) is 4. The standard InChI is InChI=1S/C11H11ClN2O2/c1-8(15)6-9(16)7-13-14-11-5-3-2-4-10(11)12/h2-5,7,14H,6H2,1H3. The number of ketones is 2. The highest BCUT2D eigenvalue weighted by atomic mass is 35.5. The van der Waals surface area contributed by atoms with E-state index < -0.39 is 0 Å². The molecule has 5 heteroatoms. The molecule has 1 N–H and O–H groups in total. The van der Waals surface area contributed by atoms with Gasteiger partial charge in [0.05, 0.1) is 23.3 Å². The molecule has 84 valence electrons. The Morgan fingerprint density at radius 1 is 1.44 bits per heavy atom. The van der Waals surface area contributed by atoms with Gasteiger partial charge in [-0.05, 0) is 19.1 Å². The smallest absolute Gasteiger partial charge is 0.182 e. The molecule has 0 saturated heterocycles. The summed E-state index contributed by atoms with van der Waals surface area (Å²) in [5, 5.41) is 4.21. The van der Waals surface area contributed by atoms with Crippen LogP contribution in [0.2, 0.25) is 5.02 Å². The van der Waals surface area contributed by atoms with E-state index in [1.54, 1.807) is 24.3 Å². The lowest BCUT2D eigenvalue weighted by atomic mass is 10.2. The number of anilines is 1. The predicted molar refractivity (Wildman–Crippen MR) is 63.9 cm³/mol. The summed E-state index contributed by atoms with van der Waals surface area (Å²) < 4.78 is 0. The molecule has 0 aliphatic rings. The summed E-state index contributed by atoms with van der Waals surface area (Å²) >= 11 is 5.85. The number of carbonyl (C=O) groups is 2. The van der Waals surface area contributed by atoms with Crippen LogP contribution in [-0.2, 0) is 9.59 Å². The van der Waals surface area contributed by atoms with Gasteiger partial charge in [0, 0.05) is 0 Å². The second kappa shape index (κ2) is 6.02. The number of benzene rings is 1. The van der Waals surface area contributed by atoms with Gasteiger partial charge in [0.1, 0.15) is 5.78 Å². The van der Waals surface area contributed by atoms with Gasteiger partial charge >= 0.3 is 0 Å². The van der Waals surface area contributed by atoms with Crippen LogP contribution in [0.25, 0.3) is 0 Å². The van der Waals surface area contributed by atoms with E-state index >= 15 is 0 Å². The van der Waals surface area contributed by atoms with E-state index in [0.29, 0.717) is 10.7 Å². The maximum absolute atomic E-state index is 11.1. The summed E-state index contributed by atoms with van der Waals surface area (Å²) in [4.78, 5) is 21.7. The molecule has 0 aliphatic heterocycles. The lowest BCUT2D eigenvalue weighted by molar-refractivity contribution is -0.122. The predicted octanol–water partition coefficient (Wildman–Crippen LogP) is 2.29. The minimum Gasteiger partial charge on any atom is -0.300 e. The molecule has 0 atom stereocenters. The third kappa shape index (κ3) is 4.23. The maximum atomic E-state index is 11.1. The van der Waals surface area contributed by atoms with Gasteiger partial charge in [-0.25, -0.2) is 0 Å². The summed E-state index contributed by atoms with van der Waals surface area (Å²) in [6.45, 7) is 1.35. The quantitative estimate of drug-likeness (QED) is 0.486. The van der Waals surface area contributed by atoms with E-state index in [1.165, 1.54) is 6.92 Å². The van der Waals surface area contributed by atoms with Crippen LogP contribution in [0.1, 0.15) is 13.3 Å². The molecule has 0 unspecified atom stereocenters. The van der Waals surface area contributed by atoms with Crippen molar-refractivity contribution in [2.45, 2.75) is 13.3 Å². The van der Waals surface area contributed by atoms with Crippen molar-refractivity contribution < 1.29 is 9.59 Å². The van der Waals surface area contributed by atoms with Crippen molar-refractivity contribution in [3.8, 4) is 0 Å². The van der Waals surface area contributed by atoms with Crippen LogP contribution in [0.15, 0.2) is 29.4 Å². The molecule has 1 rings (SSSR count). The molecule has 0 radical (unpaired) electrons. The Morgan fingerprint density at radius 2 is 2.12 bits per heavy atom. The number of halogens is 1. The number of nitrogens with one attached hydrogen (secondary N) is 1. The van der Waals surface area contributed by atoms with Crippen molar-refractivity contribution in [2.75, 3.05) is 5.43 Å². The van der Waals surface area contributed by atoms with E-state index in [9.17, 15) is 9.59 Å². The number of Topliss-reactive ketones (excluding diaryl/α,β-unsaturated/α-hetero) is 2. The van der Waals surface area contributed by atoms with Crippen molar-refractivity contribution in [2.24, 2.45) is 5.10 Å².